The van der Waals surface area contributed by atoms with Gasteiger partial charge in [-0.2, -0.15) is 13.2 Å². The molecule has 11 heteroatoms. The fraction of sp³-hybridized carbons (Fsp3) is 0.227. The Morgan fingerprint density at radius 1 is 1.03 bits per heavy atom. The Morgan fingerprint density at radius 2 is 1.76 bits per heavy atom. The van der Waals surface area contributed by atoms with Crippen molar-refractivity contribution in [2.45, 2.75) is 17.9 Å². The molecule has 0 saturated heterocycles. The molecule has 2 aromatic carbocycles. The molecule has 0 atom stereocenters. The van der Waals surface area contributed by atoms with Gasteiger partial charge in [-0.15, -0.1) is 0 Å². The highest BCUT2D eigenvalue weighted by Crippen LogP contribution is 2.35. The van der Waals surface area contributed by atoms with Gasteiger partial charge in [0.1, 0.15) is 11.5 Å². The van der Waals surface area contributed by atoms with Gasteiger partial charge in [0.25, 0.3) is 0 Å². The van der Waals surface area contributed by atoms with Crippen molar-refractivity contribution in [2.75, 3.05) is 20.0 Å². The Labute approximate surface area is 191 Å². The number of hydrogen-bond acceptors (Lipinski definition) is 6. The SMILES string of the molecule is COc1ccc(-c2cc(C(F)(F)F)nc(SCC(=O)NCc3ccccc3F)n2)cc1OC. The molecule has 1 aromatic heterocycles. The standard InChI is InChI=1S/C22H19F4N3O3S/c1-31-17-8-7-13(9-18(17)32-2)16-10-19(22(24,25)26)29-21(28-16)33-12-20(30)27-11-14-5-3-4-6-15(14)23/h3-10H,11-12H2,1-2H3,(H,27,30). The maximum absolute atomic E-state index is 13.7. The van der Waals surface area contributed by atoms with Crippen molar-refractivity contribution in [1.29, 1.82) is 0 Å². The van der Waals surface area contributed by atoms with Crippen LogP contribution in [0.2, 0.25) is 0 Å². The quantitative estimate of drug-likeness (QED) is 0.285. The molecule has 0 bridgehead atoms. The van der Waals surface area contributed by atoms with Crippen LogP contribution >= 0.6 is 11.8 Å². The van der Waals surface area contributed by atoms with Gasteiger partial charge in [0.05, 0.1) is 25.7 Å². The van der Waals surface area contributed by atoms with Crippen molar-refractivity contribution in [3.63, 3.8) is 0 Å². The molecule has 0 aliphatic carbocycles. The molecule has 0 radical (unpaired) electrons. The summed E-state index contributed by atoms with van der Waals surface area (Å²) in [5, 5.41) is 2.29. The average Bonchev–Trinajstić information content (AvgIpc) is 2.81. The van der Waals surface area contributed by atoms with Crippen molar-refractivity contribution in [3.05, 3.63) is 65.6 Å². The molecule has 0 spiro atoms. The minimum atomic E-state index is -4.71. The Hall–Kier alpha value is -3.34. The molecule has 0 unspecified atom stereocenters. The third kappa shape index (κ3) is 6.35. The van der Waals surface area contributed by atoms with Crippen molar-refractivity contribution in [2.24, 2.45) is 0 Å². The lowest BCUT2D eigenvalue weighted by Crippen LogP contribution is -2.25. The fourth-order valence-electron chi connectivity index (χ4n) is 2.80. The molecule has 6 nitrogen and oxygen atoms in total. The van der Waals surface area contributed by atoms with Crippen LogP contribution in [0.3, 0.4) is 0 Å². The number of nitrogens with zero attached hydrogens (tertiary/aromatic N) is 2. The summed E-state index contributed by atoms with van der Waals surface area (Å²) >= 11 is 0.741. The smallest absolute Gasteiger partial charge is 0.433 e. The molecule has 0 fully saturated rings. The molecule has 3 aromatic rings. The number of amides is 1. The predicted molar refractivity (Wildman–Crippen MR) is 115 cm³/mol. The largest absolute Gasteiger partial charge is 0.493 e. The van der Waals surface area contributed by atoms with Crippen LogP contribution in [0, 0.1) is 5.82 Å². The molecule has 1 amide bonds. The maximum atomic E-state index is 13.7. The number of benzene rings is 2. The highest BCUT2D eigenvalue weighted by Gasteiger charge is 2.34. The zero-order valence-electron chi connectivity index (χ0n) is 17.6. The minimum absolute atomic E-state index is 0.00698. The minimum Gasteiger partial charge on any atom is -0.493 e. The molecule has 3 rings (SSSR count). The van der Waals surface area contributed by atoms with Crippen LogP contribution < -0.4 is 14.8 Å². The summed E-state index contributed by atoms with van der Waals surface area (Å²) in [6.45, 7) is -0.0492. The van der Waals surface area contributed by atoms with Gasteiger partial charge in [-0.3, -0.25) is 4.79 Å². The summed E-state index contributed by atoms with van der Waals surface area (Å²) in [6.07, 6.45) is -4.71. The molecule has 0 aliphatic heterocycles. The third-order valence-electron chi connectivity index (χ3n) is 4.44. The van der Waals surface area contributed by atoms with Crippen molar-refractivity contribution in [3.8, 4) is 22.8 Å². The zero-order chi connectivity index (χ0) is 24.0. The first-order chi connectivity index (χ1) is 15.7. The number of ether oxygens (including phenoxy) is 2. The molecule has 33 heavy (non-hydrogen) atoms. The lowest BCUT2D eigenvalue weighted by Gasteiger charge is -2.12. The number of aromatic nitrogens is 2. The lowest BCUT2D eigenvalue weighted by atomic mass is 10.1. The van der Waals surface area contributed by atoms with Gasteiger partial charge in [-0.25, -0.2) is 14.4 Å². The molecule has 174 valence electrons. The number of halogens is 4. The van der Waals surface area contributed by atoms with E-state index >= 15 is 0 Å². The molecule has 0 saturated carbocycles. The number of carbonyl (C=O) groups excluding carboxylic acids is 1. The van der Waals surface area contributed by atoms with E-state index in [9.17, 15) is 22.4 Å². The molecule has 1 N–H and O–H groups in total. The Balaban J connectivity index is 1.79. The van der Waals surface area contributed by atoms with Gasteiger partial charge in [-0.1, -0.05) is 30.0 Å². The second kappa shape index (κ2) is 10.5. The van der Waals surface area contributed by atoms with Crippen LogP contribution in [-0.2, 0) is 17.5 Å². The lowest BCUT2D eigenvalue weighted by molar-refractivity contribution is -0.141. The first kappa shape index (κ1) is 24.3. The van der Waals surface area contributed by atoms with E-state index in [1.54, 1.807) is 18.2 Å². The van der Waals surface area contributed by atoms with Gasteiger partial charge < -0.3 is 14.8 Å². The molecule has 1 heterocycles. The van der Waals surface area contributed by atoms with Gasteiger partial charge >= 0.3 is 6.18 Å². The second-order valence-corrected chi connectivity index (χ2v) is 7.59. The Morgan fingerprint density at radius 3 is 2.42 bits per heavy atom. The van der Waals surface area contributed by atoms with Crippen molar-refractivity contribution in [1.82, 2.24) is 15.3 Å². The molecule has 0 aliphatic rings. The zero-order valence-corrected chi connectivity index (χ0v) is 18.4. The van der Waals surface area contributed by atoms with Crippen LogP contribution in [0.4, 0.5) is 17.6 Å². The average molecular weight is 481 g/mol. The van der Waals surface area contributed by atoms with Crippen LogP contribution in [0.15, 0.2) is 53.7 Å². The summed E-state index contributed by atoms with van der Waals surface area (Å²) in [6, 6.07) is 11.4. The van der Waals surface area contributed by atoms with Crippen LogP contribution in [0.5, 0.6) is 11.5 Å². The van der Waals surface area contributed by atoms with Crippen molar-refractivity contribution < 1.29 is 31.8 Å². The van der Waals surface area contributed by atoms with Gasteiger partial charge in [0, 0.05) is 17.7 Å². The van der Waals surface area contributed by atoms with E-state index in [1.807, 2.05) is 0 Å². The Kier molecular flexibility index (Phi) is 7.75. The fourth-order valence-corrected chi connectivity index (χ4v) is 3.48. The van der Waals surface area contributed by atoms with Gasteiger partial charge in [0.2, 0.25) is 5.91 Å². The second-order valence-electron chi connectivity index (χ2n) is 6.65. The summed E-state index contributed by atoms with van der Waals surface area (Å²) < 4.78 is 64.2. The van der Waals surface area contributed by atoms with E-state index < -0.39 is 23.6 Å². The number of methoxy groups -OCH3 is 2. The molecular formula is C22H19F4N3O3S. The Bertz CT molecular complexity index is 1140. The van der Waals surface area contributed by atoms with E-state index in [-0.39, 0.29) is 23.1 Å². The topological polar surface area (TPSA) is 73.3 Å². The molecular weight excluding hydrogens is 462 g/mol. The van der Waals surface area contributed by atoms with Crippen LogP contribution in [0.25, 0.3) is 11.3 Å². The first-order valence-electron chi connectivity index (χ1n) is 9.53. The van der Waals surface area contributed by atoms with E-state index in [2.05, 4.69) is 15.3 Å². The monoisotopic (exact) mass is 481 g/mol. The number of hydrogen-bond donors (Lipinski definition) is 1. The summed E-state index contributed by atoms with van der Waals surface area (Å²) in [5.74, 6) is -0.485. The summed E-state index contributed by atoms with van der Waals surface area (Å²) in [4.78, 5) is 19.8. The van der Waals surface area contributed by atoms with E-state index in [4.69, 9.17) is 9.47 Å². The maximum Gasteiger partial charge on any atom is 0.433 e. The normalized spacial score (nSPS) is 11.2. The highest BCUT2D eigenvalue weighted by molar-refractivity contribution is 7.99. The van der Waals surface area contributed by atoms with E-state index in [0.717, 1.165) is 17.8 Å². The third-order valence-corrected chi connectivity index (χ3v) is 5.29. The van der Waals surface area contributed by atoms with Crippen LogP contribution in [-0.4, -0.2) is 35.8 Å². The van der Waals surface area contributed by atoms with Gasteiger partial charge in [-0.05, 0) is 30.3 Å². The number of carbonyl (C=O) groups is 1. The predicted octanol–water partition coefficient (Wildman–Crippen LogP) is 4.73. The van der Waals surface area contributed by atoms with Crippen molar-refractivity contribution >= 4 is 17.7 Å². The summed E-state index contributed by atoms with van der Waals surface area (Å²) in [7, 11) is 2.85. The number of nitrogens with one attached hydrogen (secondary N) is 1. The first-order valence-corrected chi connectivity index (χ1v) is 10.5. The highest BCUT2D eigenvalue weighted by atomic mass is 32.2. The van der Waals surface area contributed by atoms with Crippen LogP contribution in [0.1, 0.15) is 11.3 Å². The number of thioether (sulfide) groups is 1. The number of alkyl halides is 3. The van der Waals surface area contributed by atoms with E-state index in [0.29, 0.717) is 22.6 Å². The van der Waals surface area contributed by atoms with E-state index in [1.165, 1.54) is 38.5 Å². The summed E-state index contributed by atoms with van der Waals surface area (Å²) in [5.41, 5.74) is -0.489. The number of rotatable bonds is 8. The van der Waals surface area contributed by atoms with Gasteiger partial charge in [0.15, 0.2) is 16.7 Å².